The van der Waals surface area contributed by atoms with Crippen molar-refractivity contribution in [1.29, 1.82) is 0 Å². The summed E-state index contributed by atoms with van der Waals surface area (Å²) in [6.45, 7) is 15.0. The average molecular weight is 346 g/mol. The standard InChI is InChI=1S/C18H22F4O2/c1-7-9-24-14(5)18(22)17(21)13(4)12(3)16(20)15(19)11(2)8-10-23-6/h2-5,7-10H2,1,6H3/b16-15-,18-17-. The summed E-state index contributed by atoms with van der Waals surface area (Å²) in [5.74, 6) is -6.30. The van der Waals surface area contributed by atoms with Gasteiger partial charge in [-0.15, -0.1) is 0 Å². The Morgan fingerprint density at radius 2 is 1.29 bits per heavy atom. The molecule has 0 amide bonds. The van der Waals surface area contributed by atoms with Crippen LogP contribution in [-0.2, 0) is 9.47 Å². The molecule has 0 spiro atoms. The van der Waals surface area contributed by atoms with Crippen LogP contribution in [0.15, 0.2) is 72.1 Å². The molecule has 2 nitrogen and oxygen atoms in total. The van der Waals surface area contributed by atoms with Crippen molar-refractivity contribution in [3.8, 4) is 0 Å². The summed E-state index contributed by atoms with van der Waals surface area (Å²) < 4.78 is 65.3. The normalized spacial score (nSPS) is 12.9. The average Bonchev–Trinajstić information content (AvgIpc) is 2.59. The van der Waals surface area contributed by atoms with Gasteiger partial charge in [-0.2, -0.15) is 4.39 Å². The van der Waals surface area contributed by atoms with Crippen LogP contribution in [0.4, 0.5) is 17.6 Å². The number of hydrogen-bond acceptors (Lipinski definition) is 2. The van der Waals surface area contributed by atoms with Gasteiger partial charge in [0.1, 0.15) is 0 Å². The highest BCUT2D eigenvalue weighted by Gasteiger charge is 2.21. The Balaban J connectivity index is 5.31. The molecule has 0 aromatic rings. The Kier molecular flexibility index (Phi) is 9.73. The number of methoxy groups -OCH3 is 1. The van der Waals surface area contributed by atoms with Crippen LogP contribution in [0, 0.1) is 0 Å². The fraction of sp³-hybridized carbons (Fsp3) is 0.333. The molecule has 0 radical (unpaired) electrons. The lowest BCUT2D eigenvalue weighted by atomic mass is 10.0. The van der Waals surface area contributed by atoms with Gasteiger partial charge >= 0.3 is 0 Å². The van der Waals surface area contributed by atoms with Crippen LogP contribution in [0.1, 0.15) is 19.8 Å². The van der Waals surface area contributed by atoms with Crippen molar-refractivity contribution in [1.82, 2.24) is 0 Å². The van der Waals surface area contributed by atoms with Crippen LogP contribution in [-0.4, -0.2) is 20.3 Å². The second kappa shape index (κ2) is 10.6. The van der Waals surface area contributed by atoms with Crippen molar-refractivity contribution in [2.75, 3.05) is 20.3 Å². The number of ether oxygens (including phenoxy) is 2. The number of halogens is 4. The third kappa shape index (κ3) is 6.20. The van der Waals surface area contributed by atoms with Gasteiger partial charge < -0.3 is 9.47 Å². The van der Waals surface area contributed by atoms with Crippen molar-refractivity contribution in [2.45, 2.75) is 19.8 Å². The first-order chi connectivity index (χ1) is 11.2. The molecule has 0 unspecified atom stereocenters. The molecule has 0 aromatic carbocycles. The molecule has 0 rings (SSSR count). The minimum Gasteiger partial charge on any atom is -0.491 e. The first-order valence-corrected chi connectivity index (χ1v) is 7.17. The van der Waals surface area contributed by atoms with Crippen molar-refractivity contribution >= 4 is 0 Å². The summed E-state index contributed by atoms with van der Waals surface area (Å²) in [6.07, 6.45) is 0.595. The van der Waals surface area contributed by atoms with E-state index in [0.29, 0.717) is 6.42 Å². The summed E-state index contributed by atoms with van der Waals surface area (Å²) in [4.78, 5) is 0. The van der Waals surface area contributed by atoms with Crippen molar-refractivity contribution in [3.63, 3.8) is 0 Å². The molecule has 0 aliphatic carbocycles. The predicted octanol–water partition coefficient (Wildman–Crippen LogP) is 5.93. The SMILES string of the molecule is C=C(CCOC)/C(F)=C(/F)C(=C)C(=C)/C(F)=C(/F)C(=C)OCCC. The number of hydrogen-bond donors (Lipinski definition) is 0. The molecule has 0 aliphatic heterocycles. The fourth-order valence-corrected chi connectivity index (χ4v) is 1.43. The highest BCUT2D eigenvalue weighted by molar-refractivity contribution is 5.53. The third-order valence-corrected chi connectivity index (χ3v) is 2.92. The molecule has 0 heterocycles. The van der Waals surface area contributed by atoms with E-state index in [1.807, 2.05) is 0 Å². The summed E-state index contributed by atoms with van der Waals surface area (Å²) in [5.41, 5.74) is -1.67. The Labute approximate surface area is 140 Å². The maximum Gasteiger partial charge on any atom is 0.200 e. The van der Waals surface area contributed by atoms with E-state index in [9.17, 15) is 17.6 Å². The molecule has 134 valence electrons. The number of allylic oxidation sites excluding steroid dienone is 6. The van der Waals surface area contributed by atoms with Gasteiger partial charge in [0.2, 0.25) is 5.83 Å². The van der Waals surface area contributed by atoms with E-state index in [2.05, 4.69) is 26.3 Å². The highest BCUT2D eigenvalue weighted by Crippen LogP contribution is 2.33. The molecule has 0 aromatic heterocycles. The molecule has 0 saturated heterocycles. The van der Waals surface area contributed by atoms with Crippen molar-refractivity contribution < 1.29 is 27.0 Å². The Morgan fingerprint density at radius 3 is 1.75 bits per heavy atom. The molecular formula is C18H22F4O2. The minimum absolute atomic E-state index is 0.0316. The maximum atomic E-state index is 14.0. The zero-order valence-corrected chi connectivity index (χ0v) is 14.0. The van der Waals surface area contributed by atoms with Gasteiger partial charge in [-0.25, -0.2) is 13.2 Å². The lowest BCUT2D eigenvalue weighted by molar-refractivity contribution is 0.202. The summed E-state index contributed by atoms with van der Waals surface area (Å²) in [6, 6.07) is 0. The molecule has 0 atom stereocenters. The van der Waals surface area contributed by atoms with Crippen LogP contribution in [0.25, 0.3) is 0 Å². The van der Waals surface area contributed by atoms with Crippen LogP contribution < -0.4 is 0 Å². The Hall–Kier alpha value is -2.08. The van der Waals surface area contributed by atoms with Gasteiger partial charge in [0.15, 0.2) is 23.2 Å². The lowest BCUT2D eigenvalue weighted by Gasteiger charge is -2.11. The fourth-order valence-electron chi connectivity index (χ4n) is 1.43. The lowest BCUT2D eigenvalue weighted by Crippen LogP contribution is -1.99. The Bertz CT molecular complexity index is 534. The van der Waals surface area contributed by atoms with Crippen LogP contribution in [0.2, 0.25) is 0 Å². The first kappa shape index (κ1) is 21.9. The van der Waals surface area contributed by atoms with Gasteiger partial charge in [0, 0.05) is 18.3 Å². The van der Waals surface area contributed by atoms with E-state index >= 15 is 0 Å². The quantitative estimate of drug-likeness (QED) is 0.262. The second-order valence-corrected chi connectivity index (χ2v) is 4.83. The molecular weight excluding hydrogens is 324 g/mol. The van der Waals surface area contributed by atoms with E-state index in [4.69, 9.17) is 9.47 Å². The van der Waals surface area contributed by atoms with Gasteiger partial charge in [-0.05, 0) is 18.4 Å². The number of rotatable bonds is 11. The second-order valence-electron chi connectivity index (χ2n) is 4.83. The molecule has 0 bridgehead atoms. The van der Waals surface area contributed by atoms with Crippen molar-refractivity contribution in [2.24, 2.45) is 0 Å². The van der Waals surface area contributed by atoms with E-state index < -0.39 is 40.2 Å². The summed E-state index contributed by atoms with van der Waals surface area (Å²) in [7, 11) is 1.39. The molecule has 6 heteroatoms. The van der Waals surface area contributed by atoms with E-state index in [1.165, 1.54) is 7.11 Å². The van der Waals surface area contributed by atoms with Crippen LogP contribution in [0.5, 0.6) is 0 Å². The minimum atomic E-state index is -1.52. The molecule has 0 fully saturated rings. The Morgan fingerprint density at radius 1 is 0.792 bits per heavy atom. The van der Waals surface area contributed by atoms with Crippen LogP contribution in [0.3, 0.4) is 0 Å². The van der Waals surface area contributed by atoms with E-state index in [1.54, 1.807) is 6.92 Å². The highest BCUT2D eigenvalue weighted by atomic mass is 19.2. The smallest absolute Gasteiger partial charge is 0.200 e. The molecule has 24 heavy (non-hydrogen) atoms. The maximum absolute atomic E-state index is 14.0. The molecule has 0 saturated carbocycles. The van der Waals surface area contributed by atoms with E-state index in [0.717, 1.165) is 0 Å². The van der Waals surface area contributed by atoms with Gasteiger partial charge in [-0.3, -0.25) is 0 Å². The van der Waals surface area contributed by atoms with E-state index in [-0.39, 0.29) is 25.2 Å². The monoisotopic (exact) mass is 346 g/mol. The largest absolute Gasteiger partial charge is 0.491 e. The summed E-state index contributed by atoms with van der Waals surface area (Å²) >= 11 is 0. The predicted molar refractivity (Wildman–Crippen MR) is 87.8 cm³/mol. The van der Waals surface area contributed by atoms with Crippen LogP contribution >= 0.6 is 0 Å². The zero-order chi connectivity index (χ0) is 18.9. The van der Waals surface area contributed by atoms with Crippen molar-refractivity contribution in [3.05, 3.63) is 72.1 Å². The van der Waals surface area contributed by atoms with Gasteiger partial charge in [-0.1, -0.05) is 33.2 Å². The zero-order valence-electron chi connectivity index (χ0n) is 14.0. The first-order valence-electron chi connectivity index (χ1n) is 7.17. The third-order valence-electron chi connectivity index (χ3n) is 2.92. The molecule has 0 aliphatic rings. The topological polar surface area (TPSA) is 18.5 Å². The molecule has 0 N–H and O–H groups in total. The summed E-state index contributed by atoms with van der Waals surface area (Å²) in [5, 5.41) is 0. The van der Waals surface area contributed by atoms with Gasteiger partial charge in [0.05, 0.1) is 13.2 Å². The van der Waals surface area contributed by atoms with Gasteiger partial charge in [0.25, 0.3) is 0 Å².